The topological polar surface area (TPSA) is 128 Å². The zero-order valence-corrected chi connectivity index (χ0v) is 29.9. The van der Waals surface area contributed by atoms with Crippen LogP contribution >= 0.6 is 0 Å². The van der Waals surface area contributed by atoms with Crippen LogP contribution in [-0.4, -0.2) is 68.6 Å². The van der Waals surface area contributed by atoms with Gasteiger partial charge in [0, 0.05) is 38.2 Å². The summed E-state index contributed by atoms with van der Waals surface area (Å²) in [4.78, 5) is 26.2. The Bertz CT molecular complexity index is 1830. The fourth-order valence-corrected chi connectivity index (χ4v) is 6.75. The molecule has 2 amide bonds. The Hall–Kier alpha value is -4.94. The Balaban J connectivity index is 1.17. The fourth-order valence-electron chi connectivity index (χ4n) is 6.75. The molecule has 1 fully saturated rings. The molecule has 0 unspecified atom stereocenters. The van der Waals surface area contributed by atoms with Gasteiger partial charge in [-0.1, -0.05) is 60.7 Å². The number of rotatable bonds is 13. The number of aliphatic hydroxyl groups is 1. The second kappa shape index (κ2) is 17.5. The number of methoxy groups -OCH3 is 2. The van der Waals surface area contributed by atoms with Gasteiger partial charge in [0.05, 0.1) is 39.6 Å². The second-order valence-corrected chi connectivity index (χ2v) is 13.0. The van der Waals surface area contributed by atoms with E-state index in [4.69, 9.17) is 23.7 Å². The molecule has 274 valence electrons. The molecule has 11 heteroatoms. The average molecular weight is 710 g/mol. The first-order chi connectivity index (χ1) is 25.3. The molecule has 0 radical (unpaired) electrons. The summed E-state index contributed by atoms with van der Waals surface area (Å²) in [6, 6.07) is 27.8. The number of hydrogen-bond acceptors (Lipinski definition) is 9. The van der Waals surface area contributed by atoms with Crippen LogP contribution in [0.5, 0.6) is 11.5 Å². The van der Waals surface area contributed by atoms with Crippen molar-refractivity contribution in [3.05, 3.63) is 118 Å². The third-order valence-electron chi connectivity index (χ3n) is 9.44. The Morgan fingerprint density at radius 3 is 2.31 bits per heavy atom. The molecule has 4 aromatic carbocycles. The van der Waals surface area contributed by atoms with Crippen molar-refractivity contribution in [2.24, 2.45) is 0 Å². The Morgan fingerprint density at radius 2 is 1.58 bits per heavy atom. The van der Waals surface area contributed by atoms with Gasteiger partial charge in [0.1, 0.15) is 6.54 Å². The lowest BCUT2D eigenvalue weighted by Crippen LogP contribution is -2.41. The van der Waals surface area contributed by atoms with Crippen LogP contribution in [0.25, 0.3) is 11.1 Å². The van der Waals surface area contributed by atoms with Gasteiger partial charge in [-0.15, -0.1) is 0 Å². The van der Waals surface area contributed by atoms with Crippen LogP contribution in [0.3, 0.4) is 0 Å². The standard InChI is InChI=1S/C41H47N3O8/c1-4-50-39(46)23-43-41(47)42-22-28-7-5-8-30(17-28)31-9-6-10-33(18-31)40-51-35(21-36(52-40)29-13-11-27(26-45)12-14-29)25-44-16-15-32-19-37(48-2)38(49-3)20-34(32)24-44/h5-14,17-20,35-36,40,45H,4,15-16,21-26H2,1-3H3,(H2,42,43,47)/t35-,36+,40+/m0/s1. The highest BCUT2D eigenvalue weighted by Gasteiger charge is 2.34. The number of nitrogens with zero attached hydrogens (tertiary/aromatic N) is 1. The summed E-state index contributed by atoms with van der Waals surface area (Å²) < 4.78 is 29.4. The number of benzene rings is 4. The first kappa shape index (κ1) is 36.8. The zero-order valence-electron chi connectivity index (χ0n) is 29.9. The van der Waals surface area contributed by atoms with Crippen LogP contribution in [0.15, 0.2) is 84.9 Å². The van der Waals surface area contributed by atoms with Gasteiger partial charge in [-0.3, -0.25) is 9.69 Å². The van der Waals surface area contributed by atoms with Crippen LogP contribution in [0.4, 0.5) is 4.79 Å². The number of aliphatic hydroxyl groups excluding tert-OH is 1. The van der Waals surface area contributed by atoms with E-state index < -0.39 is 18.3 Å². The number of carbonyl (C=O) groups is 2. The van der Waals surface area contributed by atoms with Crippen molar-refractivity contribution in [2.45, 2.75) is 58.0 Å². The molecule has 6 rings (SSSR count). The highest BCUT2D eigenvalue weighted by molar-refractivity contribution is 5.80. The number of hydrogen-bond donors (Lipinski definition) is 3. The van der Waals surface area contributed by atoms with Crippen molar-refractivity contribution in [1.82, 2.24) is 15.5 Å². The highest BCUT2D eigenvalue weighted by atomic mass is 16.7. The quantitative estimate of drug-likeness (QED) is 0.147. The van der Waals surface area contributed by atoms with Crippen molar-refractivity contribution >= 4 is 12.0 Å². The minimum absolute atomic E-state index is 0.0139. The van der Waals surface area contributed by atoms with Crippen molar-refractivity contribution < 1.29 is 38.4 Å². The summed E-state index contributed by atoms with van der Waals surface area (Å²) in [5.41, 5.74) is 8.18. The zero-order chi connectivity index (χ0) is 36.5. The van der Waals surface area contributed by atoms with Gasteiger partial charge >= 0.3 is 12.0 Å². The molecular weight excluding hydrogens is 662 g/mol. The summed E-state index contributed by atoms with van der Waals surface area (Å²) in [5.74, 6) is 0.999. The summed E-state index contributed by atoms with van der Waals surface area (Å²) in [6.07, 6.45) is 0.688. The molecule has 3 atom stereocenters. The highest BCUT2D eigenvalue weighted by Crippen LogP contribution is 2.40. The lowest BCUT2D eigenvalue weighted by molar-refractivity contribution is -0.253. The molecule has 4 aromatic rings. The number of carbonyl (C=O) groups excluding carboxylic acids is 2. The third-order valence-corrected chi connectivity index (χ3v) is 9.44. The lowest BCUT2D eigenvalue weighted by Gasteiger charge is -2.39. The average Bonchev–Trinajstić information content (AvgIpc) is 3.18. The minimum atomic E-state index is -0.601. The van der Waals surface area contributed by atoms with E-state index in [9.17, 15) is 14.7 Å². The maximum Gasteiger partial charge on any atom is 0.325 e. The second-order valence-electron chi connectivity index (χ2n) is 13.0. The van der Waals surface area contributed by atoms with Gasteiger partial charge in [0.2, 0.25) is 0 Å². The van der Waals surface area contributed by atoms with Crippen LogP contribution in [-0.2, 0) is 45.1 Å². The van der Waals surface area contributed by atoms with E-state index >= 15 is 0 Å². The Morgan fingerprint density at radius 1 is 0.846 bits per heavy atom. The van der Waals surface area contributed by atoms with Crippen LogP contribution < -0.4 is 20.1 Å². The number of ether oxygens (including phenoxy) is 5. The molecule has 0 aliphatic carbocycles. The molecular formula is C41H47N3O8. The molecule has 1 saturated heterocycles. The van der Waals surface area contributed by atoms with Gasteiger partial charge in [-0.05, 0) is 76.6 Å². The molecule has 52 heavy (non-hydrogen) atoms. The monoisotopic (exact) mass is 709 g/mol. The predicted octanol–water partition coefficient (Wildman–Crippen LogP) is 5.83. The van der Waals surface area contributed by atoms with Crippen LogP contribution in [0.2, 0.25) is 0 Å². The molecule has 2 aliphatic heterocycles. The van der Waals surface area contributed by atoms with Gasteiger partial charge in [0.25, 0.3) is 0 Å². The summed E-state index contributed by atoms with van der Waals surface area (Å²) in [6.45, 7) is 4.48. The van der Waals surface area contributed by atoms with Crippen LogP contribution in [0, 0.1) is 0 Å². The molecule has 3 N–H and O–H groups in total. The smallest absolute Gasteiger partial charge is 0.325 e. The number of esters is 1. The van der Waals surface area contributed by atoms with Crippen molar-refractivity contribution in [2.75, 3.05) is 40.5 Å². The summed E-state index contributed by atoms with van der Waals surface area (Å²) in [7, 11) is 3.33. The maximum absolute atomic E-state index is 12.2. The summed E-state index contributed by atoms with van der Waals surface area (Å²) in [5, 5.41) is 14.9. The van der Waals surface area contributed by atoms with E-state index in [2.05, 4.69) is 33.7 Å². The number of amides is 2. The molecule has 2 heterocycles. The fraction of sp³-hybridized carbons (Fsp3) is 0.366. The van der Waals surface area contributed by atoms with E-state index in [-0.39, 0.29) is 38.5 Å². The van der Waals surface area contributed by atoms with Gasteiger partial charge < -0.3 is 39.4 Å². The van der Waals surface area contributed by atoms with Crippen molar-refractivity contribution in [3.63, 3.8) is 0 Å². The molecule has 11 nitrogen and oxygen atoms in total. The van der Waals surface area contributed by atoms with E-state index in [0.717, 1.165) is 70.9 Å². The van der Waals surface area contributed by atoms with Gasteiger partial charge in [-0.2, -0.15) is 0 Å². The molecule has 0 aromatic heterocycles. The maximum atomic E-state index is 12.2. The SMILES string of the molecule is CCOC(=O)CNC(=O)NCc1cccc(-c2cccc([C@@H]3O[C@H](CN4CCc5cc(OC)c(OC)cc5C4)C[C@H](c4ccc(CO)cc4)O3)c2)c1. The number of urea groups is 1. The number of nitrogens with one attached hydrogen (secondary N) is 2. The number of fused-ring (bicyclic) bond motifs is 1. The summed E-state index contributed by atoms with van der Waals surface area (Å²) >= 11 is 0. The molecule has 0 spiro atoms. The first-order valence-electron chi connectivity index (χ1n) is 17.7. The van der Waals surface area contributed by atoms with Crippen molar-refractivity contribution in [1.29, 1.82) is 0 Å². The van der Waals surface area contributed by atoms with E-state index in [1.807, 2.05) is 66.7 Å². The predicted molar refractivity (Wildman–Crippen MR) is 196 cm³/mol. The third kappa shape index (κ3) is 9.29. The van der Waals surface area contributed by atoms with E-state index in [1.54, 1.807) is 21.1 Å². The van der Waals surface area contributed by atoms with Gasteiger partial charge in [0.15, 0.2) is 17.8 Å². The largest absolute Gasteiger partial charge is 0.493 e. The first-order valence-corrected chi connectivity index (χ1v) is 17.7. The lowest BCUT2D eigenvalue weighted by atomic mass is 9.96. The van der Waals surface area contributed by atoms with E-state index in [0.29, 0.717) is 6.42 Å². The molecule has 0 saturated carbocycles. The molecule has 0 bridgehead atoms. The molecule has 2 aliphatic rings. The van der Waals surface area contributed by atoms with Crippen molar-refractivity contribution in [3.8, 4) is 22.6 Å². The van der Waals surface area contributed by atoms with E-state index in [1.165, 1.54) is 11.1 Å². The minimum Gasteiger partial charge on any atom is -0.493 e. The normalized spacial score (nSPS) is 18.6. The van der Waals surface area contributed by atoms with Gasteiger partial charge in [-0.25, -0.2) is 4.79 Å². The Kier molecular flexibility index (Phi) is 12.4. The van der Waals surface area contributed by atoms with Crippen LogP contribution in [0.1, 0.15) is 59.1 Å². The Labute approximate surface area is 304 Å².